The molecule has 0 bridgehead atoms. The van der Waals surface area contributed by atoms with E-state index in [1.807, 2.05) is 6.92 Å². The number of carboxylic acids is 1. The number of hydrogen-bond acceptors (Lipinski definition) is 5. The van der Waals surface area contributed by atoms with E-state index in [0.29, 0.717) is 43.2 Å². The number of rotatable bonds is 3. The Morgan fingerprint density at radius 3 is 2.57 bits per heavy atom. The third-order valence-electron chi connectivity index (χ3n) is 5.83. The molecule has 28 heavy (non-hydrogen) atoms. The molecular weight excluding hydrogens is 364 g/mol. The van der Waals surface area contributed by atoms with Crippen molar-refractivity contribution in [3.63, 3.8) is 0 Å². The molecule has 2 fully saturated rings. The molecule has 0 saturated carbocycles. The highest BCUT2D eigenvalue weighted by molar-refractivity contribution is 6.00. The number of carboxylic acid groups (broad SMARTS) is 1. The molecule has 4 rings (SSSR count). The van der Waals surface area contributed by atoms with Gasteiger partial charge in [-0.1, -0.05) is 0 Å². The van der Waals surface area contributed by atoms with Gasteiger partial charge < -0.3 is 24.4 Å². The first-order valence-corrected chi connectivity index (χ1v) is 9.67. The van der Waals surface area contributed by atoms with Gasteiger partial charge in [-0.2, -0.15) is 0 Å². The Labute approximate surface area is 163 Å². The van der Waals surface area contributed by atoms with Crippen molar-refractivity contribution in [1.82, 2.24) is 4.90 Å². The lowest BCUT2D eigenvalue weighted by atomic mass is 9.92. The molecule has 8 nitrogen and oxygen atoms in total. The number of fused-ring (bicyclic) bond motifs is 1. The fraction of sp³-hybridized carbons (Fsp3) is 0.550. The van der Waals surface area contributed by atoms with Crippen LogP contribution in [0.2, 0.25) is 0 Å². The molecule has 0 aromatic heterocycles. The van der Waals surface area contributed by atoms with E-state index in [4.69, 9.17) is 9.47 Å². The van der Waals surface area contributed by atoms with E-state index in [-0.39, 0.29) is 37.4 Å². The highest BCUT2D eigenvalue weighted by Crippen LogP contribution is 2.36. The third kappa shape index (κ3) is 3.39. The fourth-order valence-electron chi connectivity index (χ4n) is 4.17. The molecule has 3 unspecified atom stereocenters. The van der Waals surface area contributed by atoms with Gasteiger partial charge in [0.05, 0.1) is 11.8 Å². The standard InChI is InChI=1S/C20H24N2O6/c1-12-2-3-13(20(25)26)10-21(12)19(24)14-8-18(23)22(11-14)15-4-5-16-17(9-15)28-7-6-27-16/h4-5,9,12-14H,2-3,6-8,10-11H2,1H3,(H,25,26). The van der Waals surface area contributed by atoms with Crippen LogP contribution in [0.5, 0.6) is 11.5 Å². The lowest BCUT2D eigenvalue weighted by Crippen LogP contribution is -2.49. The summed E-state index contributed by atoms with van der Waals surface area (Å²) in [7, 11) is 0. The van der Waals surface area contributed by atoms with Crippen LogP contribution in [0.25, 0.3) is 0 Å². The Hall–Kier alpha value is -2.77. The zero-order valence-corrected chi connectivity index (χ0v) is 15.8. The van der Waals surface area contributed by atoms with Crippen LogP contribution in [0, 0.1) is 11.8 Å². The number of hydrogen-bond donors (Lipinski definition) is 1. The number of nitrogens with zero attached hydrogens (tertiary/aromatic N) is 2. The molecule has 3 heterocycles. The highest BCUT2D eigenvalue weighted by Gasteiger charge is 2.41. The van der Waals surface area contributed by atoms with Gasteiger partial charge in [0.2, 0.25) is 11.8 Å². The molecule has 0 radical (unpaired) electrons. The van der Waals surface area contributed by atoms with Crippen LogP contribution in [-0.2, 0) is 14.4 Å². The van der Waals surface area contributed by atoms with Crippen LogP contribution in [0.1, 0.15) is 26.2 Å². The molecule has 0 aliphatic carbocycles. The minimum absolute atomic E-state index is 0.0125. The maximum atomic E-state index is 13.0. The van der Waals surface area contributed by atoms with Gasteiger partial charge in [-0.3, -0.25) is 14.4 Å². The lowest BCUT2D eigenvalue weighted by molar-refractivity contribution is -0.148. The Kier molecular flexibility index (Phi) is 4.87. The van der Waals surface area contributed by atoms with Crippen molar-refractivity contribution in [1.29, 1.82) is 0 Å². The molecule has 1 aromatic rings. The predicted octanol–water partition coefficient (Wildman–Crippen LogP) is 1.52. The van der Waals surface area contributed by atoms with E-state index >= 15 is 0 Å². The molecule has 3 aliphatic rings. The summed E-state index contributed by atoms with van der Waals surface area (Å²) in [4.78, 5) is 40.2. The minimum atomic E-state index is -0.870. The molecule has 1 aromatic carbocycles. The van der Waals surface area contributed by atoms with Gasteiger partial charge in [0.25, 0.3) is 0 Å². The van der Waals surface area contributed by atoms with E-state index in [2.05, 4.69) is 0 Å². The monoisotopic (exact) mass is 388 g/mol. The molecule has 0 spiro atoms. The average Bonchev–Trinajstić information content (AvgIpc) is 3.09. The number of likely N-dealkylation sites (tertiary alicyclic amines) is 1. The number of carbonyl (C=O) groups is 3. The van der Waals surface area contributed by atoms with Crippen LogP contribution in [0.15, 0.2) is 18.2 Å². The van der Waals surface area contributed by atoms with E-state index in [9.17, 15) is 19.5 Å². The summed E-state index contributed by atoms with van der Waals surface area (Å²) in [6.45, 7) is 3.40. The third-order valence-corrected chi connectivity index (χ3v) is 5.83. The molecule has 3 atom stereocenters. The van der Waals surface area contributed by atoms with Gasteiger partial charge in [0.1, 0.15) is 13.2 Å². The van der Waals surface area contributed by atoms with Crippen molar-refractivity contribution in [2.24, 2.45) is 11.8 Å². The topological polar surface area (TPSA) is 96.4 Å². The predicted molar refractivity (Wildman–Crippen MR) is 99.4 cm³/mol. The number of aliphatic carboxylic acids is 1. The molecule has 8 heteroatoms. The fourth-order valence-corrected chi connectivity index (χ4v) is 4.17. The van der Waals surface area contributed by atoms with Crippen molar-refractivity contribution in [2.75, 3.05) is 31.2 Å². The van der Waals surface area contributed by atoms with Crippen LogP contribution in [0.4, 0.5) is 5.69 Å². The summed E-state index contributed by atoms with van der Waals surface area (Å²) in [5.41, 5.74) is 0.680. The minimum Gasteiger partial charge on any atom is -0.486 e. The first-order valence-electron chi connectivity index (χ1n) is 9.67. The second-order valence-corrected chi connectivity index (χ2v) is 7.69. The smallest absolute Gasteiger partial charge is 0.308 e. The van der Waals surface area contributed by atoms with E-state index < -0.39 is 17.8 Å². The van der Waals surface area contributed by atoms with Gasteiger partial charge in [-0.25, -0.2) is 0 Å². The molecular formula is C20H24N2O6. The Bertz CT molecular complexity index is 810. The first kappa shape index (κ1) is 18.6. The van der Waals surface area contributed by atoms with Crippen LogP contribution in [-0.4, -0.2) is 60.1 Å². The summed E-state index contributed by atoms with van der Waals surface area (Å²) < 4.78 is 11.1. The summed E-state index contributed by atoms with van der Waals surface area (Å²) in [5, 5.41) is 9.30. The largest absolute Gasteiger partial charge is 0.486 e. The summed E-state index contributed by atoms with van der Waals surface area (Å²) in [6.07, 6.45) is 1.37. The lowest BCUT2D eigenvalue weighted by Gasteiger charge is -2.37. The summed E-state index contributed by atoms with van der Waals surface area (Å²) in [5.74, 6) is -0.871. The molecule has 2 amide bonds. The average molecular weight is 388 g/mol. The maximum Gasteiger partial charge on any atom is 0.308 e. The van der Waals surface area contributed by atoms with Crippen molar-refractivity contribution < 1.29 is 29.0 Å². The van der Waals surface area contributed by atoms with Gasteiger partial charge >= 0.3 is 5.97 Å². The SMILES string of the molecule is CC1CCC(C(=O)O)CN1C(=O)C1CC(=O)N(c2ccc3c(c2)OCCO3)C1. The van der Waals surface area contributed by atoms with Gasteiger partial charge in [0, 0.05) is 37.3 Å². The number of anilines is 1. The number of ether oxygens (including phenoxy) is 2. The number of amides is 2. The van der Waals surface area contributed by atoms with Gasteiger partial charge in [-0.15, -0.1) is 0 Å². The summed E-state index contributed by atoms with van der Waals surface area (Å²) in [6, 6.07) is 5.32. The number of piperidine rings is 1. The molecule has 3 aliphatic heterocycles. The van der Waals surface area contributed by atoms with Crippen LogP contribution >= 0.6 is 0 Å². The van der Waals surface area contributed by atoms with Gasteiger partial charge in [-0.05, 0) is 31.9 Å². The zero-order chi connectivity index (χ0) is 19.8. The highest BCUT2D eigenvalue weighted by atomic mass is 16.6. The molecule has 150 valence electrons. The van der Waals surface area contributed by atoms with Crippen molar-refractivity contribution >= 4 is 23.5 Å². The van der Waals surface area contributed by atoms with Crippen molar-refractivity contribution in [2.45, 2.75) is 32.2 Å². The van der Waals surface area contributed by atoms with E-state index in [0.717, 1.165) is 0 Å². The molecule has 1 N–H and O–H groups in total. The quantitative estimate of drug-likeness (QED) is 0.843. The molecule has 2 saturated heterocycles. The van der Waals surface area contributed by atoms with Crippen LogP contribution in [0.3, 0.4) is 0 Å². The van der Waals surface area contributed by atoms with Crippen molar-refractivity contribution in [3.05, 3.63) is 18.2 Å². The Balaban J connectivity index is 1.48. The second kappa shape index (κ2) is 7.33. The van der Waals surface area contributed by atoms with E-state index in [1.54, 1.807) is 28.0 Å². The number of carbonyl (C=O) groups excluding carboxylic acids is 2. The normalized spacial score (nSPS) is 27.0. The van der Waals surface area contributed by atoms with E-state index in [1.165, 1.54) is 0 Å². The zero-order valence-electron chi connectivity index (χ0n) is 15.8. The summed E-state index contributed by atoms with van der Waals surface area (Å²) >= 11 is 0. The van der Waals surface area contributed by atoms with Crippen LogP contribution < -0.4 is 14.4 Å². The second-order valence-electron chi connectivity index (χ2n) is 7.69. The van der Waals surface area contributed by atoms with Gasteiger partial charge in [0.15, 0.2) is 11.5 Å². The number of benzene rings is 1. The van der Waals surface area contributed by atoms with Crippen molar-refractivity contribution in [3.8, 4) is 11.5 Å². The Morgan fingerprint density at radius 1 is 1.07 bits per heavy atom. The Morgan fingerprint density at radius 2 is 1.82 bits per heavy atom. The first-order chi connectivity index (χ1) is 13.4. The maximum absolute atomic E-state index is 13.0.